The highest BCUT2D eigenvalue weighted by atomic mass is 14.7. The Hall–Kier alpha value is -0.760. The highest BCUT2D eigenvalue weighted by Gasteiger charge is 2.28. The summed E-state index contributed by atoms with van der Waals surface area (Å²) in [6.45, 7) is 8.21. The van der Waals surface area contributed by atoms with E-state index in [1.54, 1.807) is 0 Å². The maximum atomic E-state index is 6.12. The Bertz CT molecular complexity index is 270. The van der Waals surface area contributed by atoms with Crippen LogP contribution in [-0.2, 0) is 0 Å². The Kier molecular flexibility index (Phi) is 2.04. The van der Waals surface area contributed by atoms with Crippen molar-refractivity contribution in [2.75, 3.05) is 0 Å². The summed E-state index contributed by atoms with van der Waals surface area (Å²) in [4.78, 5) is 0. The fraction of sp³-hybridized carbons (Fsp3) is 0.600. The van der Waals surface area contributed by atoms with E-state index < -0.39 is 0 Å². The zero-order valence-corrected chi connectivity index (χ0v) is 8.36. The third kappa shape index (κ3) is 1.27. The molecule has 1 atom stereocenters. The maximum absolute atomic E-state index is 6.12. The first kappa shape index (κ1) is 9.33. The van der Waals surface area contributed by atoms with Gasteiger partial charge in [-0.3, -0.25) is 0 Å². The topological polar surface area (TPSA) is 52.0 Å². The Morgan fingerprint density at radius 2 is 1.75 bits per heavy atom. The molecule has 0 aromatic rings. The van der Waals surface area contributed by atoms with Gasteiger partial charge in [0.25, 0.3) is 0 Å². The minimum Gasteiger partial charge on any atom is -0.399 e. The summed E-state index contributed by atoms with van der Waals surface area (Å²) in [6.07, 6.45) is 0.877. The largest absolute Gasteiger partial charge is 0.399 e. The van der Waals surface area contributed by atoms with Crippen LogP contribution in [0.3, 0.4) is 0 Å². The van der Waals surface area contributed by atoms with E-state index >= 15 is 0 Å². The number of hydrogen-bond acceptors (Lipinski definition) is 2. The third-order valence-electron chi connectivity index (χ3n) is 2.92. The van der Waals surface area contributed by atoms with Gasteiger partial charge in [0.2, 0.25) is 0 Å². The van der Waals surface area contributed by atoms with Gasteiger partial charge in [0.05, 0.1) is 0 Å². The van der Waals surface area contributed by atoms with E-state index in [-0.39, 0.29) is 5.54 Å². The number of hydrogen-bond donors (Lipinski definition) is 2. The molecule has 2 heteroatoms. The first-order valence-corrected chi connectivity index (χ1v) is 4.28. The van der Waals surface area contributed by atoms with Crippen molar-refractivity contribution in [3.05, 3.63) is 22.4 Å². The van der Waals surface area contributed by atoms with Crippen LogP contribution in [0.2, 0.25) is 0 Å². The first-order chi connectivity index (χ1) is 5.36. The molecule has 0 radical (unpaired) electrons. The van der Waals surface area contributed by atoms with Crippen molar-refractivity contribution in [2.24, 2.45) is 11.5 Å². The fourth-order valence-electron chi connectivity index (χ4n) is 1.73. The lowest BCUT2D eigenvalue weighted by Gasteiger charge is -2.33. The number of allylic oxidation sites excluding steroid dienone is 1. The molecule has 12 heavy (non-hydrogen) atoms. The standard InChI is InChI=1S/C10H18N2/c1-6-5-10(4,12)8(3)7(2)9(6)11/h5,11-12H2,1-4H3. The van der Waals surface area contributed by atoms with Crippen LogP contribution in [0.4, 0.5) is 0 Å². The molecule has 0 spiro atoms. The van der Waals surface area contributed by atoms with Crippen LogP contribution >= 0.6 is 0 Å². The predicted molar refractivity (Wildman–Crippen MR) is 52.5 cm³/mol. The molecule has 1 aliphatic carbocycles. The lowest BCUT2D eigenvalue weighted by atomic mass is 9.79. The van der Waals surface area contributed by atoms with E-state index in [1.165, 1.54) is 11.1 Å². The molecule has 68 valence electrons. The second-order valence-corrected chi connectivity index (χ2v) is 4.04. The van der Waals surface area contributed by atoms with Crippen LogP contribution in [0.5, 0.6) is 0 Å². The normalized spacial score (nSPS) is 31.4. The van der Waals surface area contributed by atoms with Gasteiger partial charge in [-0.15, -0.1) is 0 Å². The molecule has 1 rings (SSSR count). The molecule has 0 heterocycles. The van der Waals surface area contributed by atoms with E-state index in [4.69, 9.17) is 11.5 Å². The minimum atomic E-state index is -0.197. The average molecular weight is 166 g/mol. The van der Waals surface area contributed by atoms with Crippen LogP contribution in [0, 0.1) is 0 Å². The van der Waals surface area contributed by atoms with Crippen LogP contribution < -0.4 is 11.5 Å². The van der Waals surface area contributed by atoms with Gasteiger partial charge in [-0.25, -0.2) is 0 Å². The van der Waals surface area contributed by atoms with Gasteiger partial charge in [-0.2, -0.15) is 0 Å². The SMILES string of the molecule is CC1=C(N)C(C)=C(C)C(C)(N)C1. The van der Waals surface area contributed by atoms with Crippen molar-refractivity contribution in [1.29, 1.82) is 0 Å². The second kappa shape index (κ2) is 2.63. The number of rotatable bonds is 0. The fourth-order valence-corrected chi connectivity index (χ4v) is 1.73. The second-order valence-electron chi connectivity index (χ2n) is 4.04. The summed E-state index contributed by atoms with van der Waals surface area (Å²) in [7, 11) is 0. The Morgan fingerprint density at radius 3 is 2.25 bits per heavy atom. The monoisotopic (exact) mass is 166 g/mol. The molecular weight excluding hydrogens is 148 g/mol. The Labute approximate surface area is 74.3 Å². The molecule has 0 aliphatic heterocycles. The smallest absolute Gasteiger partial charge is 0.0382 e. The van der Waals surface area contributed by atoms with Gasteiger partial charge in [-0.05, 0) is 50.8 Å². The average Bonchev–Trinajstić information content (AvgIpc) is 1.97. The summed E-state index contributed by atoms with van der Waals surface area (Å²) in [5, 5.41) is 0. The van der Waals surface area contributed by atoms with E-state index in [9.17, 15) is 0 Å². The molecule has 0 saturated heterocycles. The van der Waals surface area contributed by atoms with Crippen LogP contribution in [0.1, 0.15) is 34.1 Å². The van der Waals surface area contributed by atoms with Crippen molar-refractivity contribution in [2.45, 2.75) is 39.7 Å². The molecule has 0 bridgehead atoms. The minimum absolute atomic E-state index is 0.197. The molecule has 4 N–H and O–H groups in total. The van der Waals surface area contributed by atoms with Crippen molar-refractivity contribution in [3.8, 4) is 0 Å². The molecule has 1 unspecified atom stereocenters. The van der Waals surface area contributed by atoms with Gasteiger partial charge in [0.15, 0.2) is 0 Å². The summed E-state index contributed by atoms with van der Waals surface area (Å²) in [5.74, 6) is 0. The van der Waals surface area contributed by atoms with Crippen LogP contribution in [0.25, 0.3) is 0 Å². The van der Waals surface area contributed by atoms with Gasteiger partial charge >= 0.3 is 0 Å². The lowest BCUT2D eigenvalue weighted by Crippen LogP contribution is -2.41. The summed E-state index contributed by atoms with van der Waals surface area (Å²) >= 11 is 0. The predicted octanol–water partition coefficient (Wildman–Crippen LogP) is 1.68. The molecule has 1 aliphatic rings. The van der Waals surface area contributed by atoms with E-state index in [0.717, 1.165) is 17.7 Å². The summed E-state index contributed by atoms with van der Waals surface area (Å²) in [5.41, 5.74) is 16.3. The summed E-state index contributed by atoms with van der Waals surface area (Å²) in [6, 6.07) is 0. The Balaban J connectivity index is 3.20. The van der Waals surface area contributed by atoms with Crippen molar-refractivity contribution >= 4 is 0 Å². The Morgan fingerprint density at radius 1 is 1.25 bits per heavy atom. The molecule has 2 nitrogen and oxygen atoms in total. The van der Waals surface area contributed by atoms with E-state index in [0.29, 0.717) is 0 Å². The van der Waals surface area contributed by atoms with Gasteiger partial charge in [0, 0.05) is 11.2 Å². The van der Waals surface area contributed by atoms with Gasteiger partial charge in [0.1, 0.15) is 0 Å². The molecule has 0 aromatic carbocycles. The highest BCUT2D eigenvalue weighted by Crippen LogP contribution is 2.32. The molecule has 0 fully saturated rings. The molecule has 0 aromatic heterocycles. The molecular formula is C10H18N2. The highest BCUT2D eigenvalue weighted by molar-refractivity contribution is 5.43. The lowest BCUT2D eigenvalue weighted by molar-refractivity contribution is 0.525. The van der Waals surface area contributed by atoms with E-state index in [2.05, 4.69) is 20.8 Å². The zero-order chi connectivity index (χ0) is 9.52. The molecule has 0 amide bonds. The quantitative estimate of drug-likeness (QED) is 0.575. The van der Waals surface area contributed by atoms with Crippen LogP contribution in [-0.4, -0.2) is 5.54 Å². The third-order valence-corrected chi connectivity index (χ3v) is 2.92. The van der Waals surface area contributed by atoms with Crippen LogP contribution in [0.15, 0.2) is 22.4 Å². The van der Waals surface area contributed by atoms with E-state index in [1.807, 2.05) is 6.92 Å². The maximum Gasteiger partial charge on any atom is 0.0382 e. The van der Waals surface area contributed by atoms with Crippen molar-refractivity contribution in [3.63, 3.8) is 0 Å². The zero-order valence-electron chi connectivity index (χ0n) is 8.36. The van der Waals surface area contributed by atoms with Gasteiger partial charge < -0.3 is 11.5 Å². The van der Waals surface area contributed by atoms with Crippen molar-refractivity contribution in [1.82, 2.24) is 0 Å². The van der Waals surface area contributed by atoms with Crippen molar-refractivity contribution < 1.29 is 0 Å². The van der Waals surface area contributed by atoms with Gasteiger partial charge in [-0.1, -0.05) is 0 Å². The summed E-state index contributed by atoms with van der Waals surface area (Å²) < 4.78 is 0. The molecule has 0 saturated carbocycles. The number of nitrogens with two attached hydrogens (primary N) is 2. The first-order valence-electron chi connectivity index (χ1n) is 4.28.